The summed E-state index contributed by atoms with van der Waals surface area (Å²) in [5.41, 5.74) is 0.872. The highest BCUT2D eigenvalue weighted by molar-refractivity contribution is 7.92. The monoisotopic (exact) mass is 278 g/mol. The van der Waals surface area contributed by atoms with Gasteiger partial charge >= 0.3 is 0 Å². The van der Waals surface area contributed by atoms with E-state index >= 15 is 0 Å². The van der Waals surface area contributed by atoms with Crippen molar-refractivity contribution in [2.45, 2.75) is 11.9 Å². The molecule has 0 aliphatic heterocycles. The van der Waals surface area contributed by atoms with Gasteiger partial charge < -0.3 is 5.32 Å². The van der Waals surface area contributed by atoms with Crippen molar-refractivity contribution < 1.29 is 8.42 Å². The molecule has 0 spiro atoms. The van der Waals surface area contributed by atoms with Gasteiger partial charge in [0.25, 0.3) is 10.0 Å². The maximum absolute atomic E-state index is 12.3. The lowest BCUT2D eigenvalue weighted by molar-refractivity contribution is 0.598. The Morgan fingerprint density at radius 2 is 2.00 bits per heavy atom. The van der Waals surface area contributed by atoms with Gasteiger partial charge in [-0.05, 0) is 31.2 Å². The van der Waals surface area contributed by atoms with Gasteiger partial charge in [0.15, 0.2) is 5.03 Å². The second kappa shape index (κ2) is 5.66. The Balaban J connectivity index is 2.35. The molecule has 0 fully saturated rings. The SMILES string of the molecule is CCNc1cccnc1S(=O)(=O)Nc1cccnc1. The molecule has 0 amide bonds. The van der Waals surface area contributed by atoms with Crippen LogP contribution < -0.4 is 10.0 Å². The number of anilines is 2. The molecule has 2 heterocycles. The number of hydrogen-bond donors (Lipinski definition) is 2. The molecule has 0 unspecified atom stereocenters. The van der Waals surface area contributed by atoms with Crippen molar-refractivity contribution in [3.8, 4) is 0 Å². The highest BCUT2D eigenvalue weighted by Gasteiger charge is 2.19. The Bertz CT molecular complexity index is 644. The van der Waals surface area contributed by atoms with E-state index in [1.54, 1.807) is 30.5 Å². The number of hydrogen-bond acceptors (Lipinski definition) is 5. The van der Waals surface area contributed by atoms with Gasteiger partial charge in [-0.25, -0.2) is 4.98 Å². The molecule has 2 rings (SSSR count). The Labute approximate surface area is 112 Å². The van der Waals surface area contributed by atoms with Gasteiger partial charge in [-0.1, -0.05) is 0 Å². The molecule has 0 aromatic carbocycles. The first-order chi connectivity index (χ1) is 9.13. The van der Waals surface area contributed by atoms with Crippen molar-refractivity contribution in [2.75, 3.05) is 16.6 Å². The van der Waals surface area contributed by atoms with Crippen LogP contribution in [0, 0.1) is 0 Å². The van der Waals surface area contributed by atoms with Gasteiger partial charge in [0.2, 0.25) is 0 Å². The van der Waals surface area contributed by atoms with E-state index < -0.39 is 10.0 Å². The van der Waals surface area contributed by atoms with Crippen LogP contribution in [0.5, 0.6) is 0 Å². The third kappa shape index (κ3) is 3.19. The first-order valence-electron chi connectivity index (χ1n) is 5.75. The lowest BCUT2D eigenvalue weighted by Crippen LogP contribution is -2.17. The average Bonchev–Trinajstić information content (AvgIpc) is 2.40. The van der Waals surface area contributed by atoms with Crippen molar-refractivity contribution in [3.05, 3.63) is 42.9 Å². The minimum atomic E-state index is -3.73. The van der Waals surface area contributed by atoms with Crippen LogP contribution in [-0.4, -0.2) is 24.9 Å². The van der Waals surface area contributed by atoms with E-state index in [0.29, 0.717) is 17.9 Å². The fourth-order valence-electron chi connectivity index (χ4n) is 1.56. The molecule has 0 bridgehead atoms. The smallest absolute Gasteiger partial charge is 0.281 e. The van der Waals surface area contributed by atoms with Crippen LogP contribution in [0.15, 0.2) is 47.9 Å². The second-order valence-electron chi connectivity index (χ2n) is 3.73. The van der Waals surface area contributed by atoms with E-state index in [1.807, 2.05) is 6.92 Å². The predicted molar refractivity (Wildman–Crippen MR) is 73.4 cm³/mol. The van der Waals surface area contributed by atoms with Gasteiger partial charge in [-0.3, -0.25) is 9.71 Å². The highest BCUT2D eigenvalue weighted by Crippen LogP contribution is 2.20. The van der Waals surface area contributed by atoms with Crippen LogP contribution in [0.1, 0.15) is 6.92 Å². The van der Waals surface area contributed by atoms with Crippen LogP contribution in [-0.2, 0) is 10.0 Å². The third-order valence-electron chi connectivity index (χ3n) is 2.31. The zero-order valence-corrected chi connectivity index (χ0v) is 11.2. The largest absolute Gasteiger partial charge is 0.383 e. The molecule has 100 valence electrons. The number of sulfonamides is 1. The normalized spacial score (nSPS) is 11.0. The molecular formula is C12H14N4O2S. The summed E-state index contributed by atoms with van der Waals surface area (Å²) in [6, 6.07) is 6.64. The third-order valence-corrected chi connectivity index (χ3v) is 3.65. The number of nitrogens with one attached hydrogen (secondary N) is 2. The molecule has 0 aliphatic rings. The predicted octanol–water partition coefficient (Wildman–Crippen LogP) is 1.71. The highest BCUT2D eigenvalue weighted by atomic mass is 32.2. The summed E-state index contributed by atoms with van der Waals surface area (Å²) in [7, 11) is -3.73. The van der Waals surface area contributed by atoms with E-state index in [4.69, 9.17) is 0 Å². The molecule has 0 aliphatic carbocycles. The van der Waals surface area contributed by atoms with Gasteiger partial charge in [-0.15, -0.1) is 0 Å². The van der Waals surface area contributed by atoms with E-state index in [1.165, 1.54) is 12.4 Å². The molecular weight excluding hydrogens is 264 g/mol. The van der Waals surface area contributed by atoms with Crippen LogP contribution in [0.25, 0.3) is 0 Å². The fourth-order valence-corrected chi connectivity index (χ4v) is 2.71. The standard InChI is InChI=1S/C12H14N4O2S/c1-2-14-11-6-4-8-15-12(11)19(17,18)16-10-5-3-7-13-9-10/h3-9,14,16H,2H2,1H3. The van der Waals surface area contributed by atoms with Gasteiger partial charge in [0.1, 0.15) is 0 Å². The molecule has 7 heteroatoms. The molecule has 0 atom stereocenters. The molecule has 2 aromatic heterocycles. The molecule has 6 nitrogen and oxygen atoms in total. The van der Waals surface area contributed by atoms with Crippen molar-refractivity contribution in [1.29, 1.82) is 0 Å². The number of rotatable bonds is 5. The van der Waals surface area contributed by atoms with Gasteiger partial charge in [0, 0.05) is 18.9 Å². The summed E-state index contributed by atoms with van der Waals surface area (Å²) in [6.07, 6.45) is 4.45. The molecule has 0 radical (unpaired) electrons. The Hall–Kier alpha value is -2.15. The molecule has 2 N–H and O–H groups in total. The number of aromatic nitrogens is 2. The maximum Gasteiger partial charge on any atom is 0.281 e. The lowest BCUT2D eigenvalue weighted by atomic mass is 10.4. The van der Waals surface area contributed by atoms with Crippen LogP contribution >= 0.6 is 0 Å². The topological polar surface area (TPSA) is 84.0 Å². The summed E-state index contributed by atoms with van der Waals surface area (Å²) >= 11 is 0. The molecule has 0 saturated carbocycles. The zero-order chi connectivity index (χ0) is 13.7. The van der Waals surface area contributed by atoms with Crippen molar-refractivity contribution in [1.82, 2.24) is 9.97 Å². The molecule has 19 heavy (non-hydrogen) atoms. The molecule has 0 saturated heterocycles. The quantitative estimate of drug-likeness (QED) is 0.869. The van der Waals surface area contributed by atoms with Crippen LogP contribution in [0.4, 0.5) is 11.4 Å². The van der Waals surface area contributed by atoms with Crippen LogP contribution in [0.3, 0.4) is 0 Å². The summed E-state index contributed by atoms with van der Waals surface area (Å²) in [6.45, 7) is 2.50. The first kappa shape index (κ1) is 13.3. The van der Waals surface area contributed by atoms with Crippen molar-refractivity contribution in [3.63, 3.8) is 0 Å². The minimum Gasteiger partial charge on any atom is -0.383 e. The van der Waals surface area contributed by atoms with Gasteiger partial charge in [0.05, 0.1) is 17.6 Å². The van der Waals surface area contributed by atoms with Gasteiger partial charge in [-0.2, -0.15) is 8.42 Å². The van der Waals surface area contributed by atoms with E-state index in [0.717, 1.165) is 0 Å². The second-order valence-corrected chi connectivity index (χ2v) is 5.33. The average molecular weight is 278 g/mol. The minimum absolute atomic E-state index is 0.0271. The van der Waals surface area contributed by atoms with E-state index in [-0.39, 0.29) is 5.03 Å². The zero-order valence-electron chi connectivity index (χ0n) is 10.4. The van der Waals surface area contributed by atoms with Crippen molar-refractivity contribution in [2.24, 2.45) is 0 Å². The number of pyridine rings is 2. The summed E-state index contributed by atoms with van der Waals surface area (Å²) in [5.74, 6) is 0. The Kier molecular flexibility index (Phi) is 3.96. The van der Waals surface area contributed by atoms with E-state index in [9.17, 15) is 8.42 Å². The Morgan fingerprint density at radius 3 is 2.68 bits per heavy atom. The lowest BCUT2D eigenvalue weighted by Gasteiger charge is -2.11. The Morgan fingerprint density at radius 1 is 1.21 bits per heavy atom. The summed E-state index contributed by atoms with van der Waals surface area (Å²) < 4.78 is 27.0. The summed E-state index contributed by atoms with van der Waals surface area (Å²) in [5, 5.41) is 2.94. The molecule has 2 aromatic rings. The van der Waals surface area contributed by atoms with Crippen molar-refractivity contribution >= 4 is 21.4 Å². The number of nitrogens with zero attached hydrogens (tertiary/aromatic N) is 2. The fraction of sp³-hybridized carbons (Fsp3) is 0.167. The summed E-state index contributed by atoms with van der Waals surface area (Å²) in [4.78, 5) is 7.79. The maximum atomic E-state index is 12.3. The van der Waals surface area contributed by atoms with E-state index in [2.05, 4.69) is 20.0 Å². The van der Waals surface area contributed by atoms with Crippen LogP contribution in [0.2, 0.25) is 0 Å². The first-order valence-corrected chi connectivity index (χ1v) is 7.23.